The molecular weight excluding hydrogens is 190 g/mol. The van der Waals surface area contributed by atoms with Crippen LogP contribution in [-0.4, -0.2) is 18.0 Å². The molecule has 1 aliphatic carbocycles. The van der Waals surface area contributed by atoms with E-state index in [1.54, 1.807) is 0 Å². The second-order valence-electron chi connectivity index (χ2n) is 3.72. The number of rotatable bonds is 3. The molecule has 14 heavy (non-hydrogen) atoms. The summed E-state index contributed by atoms with van der Waals surface area (Å²) in [5.41, 5.74) is 0. The Hall–Kier alpha value is -0.670. The molecule has 0 aliphatic heterocycles. The first-order valence-electron chi connectivity index (χ1n) is 5.15. The third-order valence-electron chi connectivity index (χ3n) is 2.57. The number of hydrogen-bond donors (Lipinski definition) is 0. The summed E-state index contributed by atoms with van der Waals surface area (Å²) >= 11 is 0. The van der Waals surface area contributed by atoms with E-state index in [0.717, 1.165) is 32.1 Å². The largest absolute Gasteiger partial charge is 0.458 e. The first-order valence-corrected chi connectivity index (χ1v) is 5.15. The monoisotopic (exact) mass is 206 g/mol. The molecule has 82 valence electrons. The molecule has 1 rings (SSSR count). The van der Waals surface area contributed by atoms with Crippen molar-refractivity contribution in [1.82, 2.24) is 0 Å². The molecule has 1 aliphatic rings. The molecule has 0 radical (unpaired) electrons. The Bertz CT molecular complexity index is 198. The first kappa shape index (κ1) is 11.4. The van der Waals surface area contributed by atoms with Crippen molar-refractivity contribution in [3.8, 4) is 0 Å². The second kappa shape index (κ2) is 4.71. The zero-order chi connectivity index (χ0) is 10.6. The number of carbonyl (C=O) groups is 1. The molecule has 0 aromatic rings. The summed E-state index contributed by atoms with van der Waals surface area (Å²) < 4.78 is 30.4. The molecule has 0 saturated heterocycles. The Balaban J connectivity index is 2.39. The van der Waals surface area contributed by atoms with Gasteiger partial charge in [-0.3, -0.25) is 0 Å². The molecule has 1 fully saturated rings. The average molecular weight is 206 g/mol. The highest BCUT2D eigenvalue weighted by Crippen LogP contribution is 2.25. The fourth-order valence-corrected chi connectivity index (χ4v) is 1.56. The summed E-state index contributed by atoms with van der Waals surface area (Å²) in [6, 6.07) is 0. The minimum Gasteiger partial charge on any atom is -0.458 e. The lowest BCUT2D eigenvalue weighted by Gasteiger charge is -2.23. The number of carbonyl (C=O) groups excluding carboxylic acids is 1. The number of halogens is 2. The van der Waals surface area contributed by atoms with Gasteiger partial charge in [0.15, 0.2) is 0 Å². The van der Waals surface area contributed by atoms with Gasteiger partial charge in [-0.1, -0.05) is 13.3 Å². The molecule has 0 heterocycles. The third kappa shape index (κ3) is 2.93. The Kier molecular flexibility index (Phi) is 3.84. The van der Waals surface area contributed by atoms with Crippen molar-refractivity contribution < 1.29 is 18.3 Å². The normalized spacial score (nSPS) is 19.4. The lowest BCUT2D eigenvalue weighted by Crippen LogP contribution is -2.34. The maximum atomic E-state index is 12.8. The van der Waals surface area contributed by atoms with Crippen molar-refractivity contribution in [2.24, 2.45) is 0 Å². The van der Waals surface area contributed by atoms with Crippen LogP contribution < -0.4 is 0 Å². The average Bonchev–Trinajstić information content (AvgIpc) is 2.19. The quantitative estimate of drug-likeness (QED) is 0.663. The third-order valence-corrected chi connectivity index (χ3v) is 2.57. The highest BCUT2D eigenvalue weighted by Gasteiger charge is 2.39. The minimum atomic E-state index is -3.31. The summed E-state index contributed by atoms with van der Waals surface area (Å²) in [6.45, 7) is 1.28. The molecule has 0 unspecified atom stereocenters. The predicted octanol–water partition coefficient (Wildman–Crippen LogP) is 2.91. The van der Waals surface area contributed by atoms with Gasteiger partial charge in [-0.05, 0) is 25.7 Å². The maximum Gasteiger partial charge on any atom is 0.377 e. The predicted molar refractivity (Wildman–Crippen MR) is 48.2 cm³/mol. The summed E-state index contributed by atoms with van der Waals surface area (Å²) in [4.78, 5) is 11.0. The zero-order valence-electron chi connectivity index (χ0n) is 8.39. The standard InChI is InChI=1S/C10H16F2O2/c1-2-10(11,12)9(13)14-8-6-4-3-5-7-8/h8H,2-7H2,1H3. The number of hydrogen-bond acceptors (Lipinski definition) is 2. The van der Waals surface area contributed by atoms with Gasteiger partial charge in [-0.25, -0.2) is 4.79 Å². The lowest BCUT2D eigenvalue weighted by molar-refractivity contribution is -0.179. The fraction of sp³-hybridized carbons (Fsp3) is 0.900. The van der Waals surface area contributed by atoms with Crippen LogP contribution >= 0.6 is 0 Å². The number of esters is 1. The van der Waals surface area contributed by atoms with Crippen LogP contribution in [0.2, 0.25) is 0 Å². The van der Waals surface area contributed by atoms with E-state index >= 15 is 0 Å². The highest BCUT2D eigenvalue weighted by atomic mass is 19.3. The lowest BCUT2D eigenvalue weighted by atomic mass is 9.98. The molecule has 0 bridgehead atoms. The van der Waals surface area contributed by atoms with E-state index in [0.29, 0.717) is 0 Å². The minimum absolute atomic E-state index is 0.284. The smallest absolute Gasteiger partial charge is 0.377 e. The van der Waals surface area contributed by atoms with Gasteiger partial charge in [0.2, 0.25) is 0 Å². The maximum absolute atomic E-state index is 12.8. The van der Waals surface area contributed by atoms with E-state index in [9.17, 15) is 13.6 Å². The summed E-state index contributed by atoms with van der Waals surface area (Å²) in [5, 5.41) is 0. The van der Waals surface area contributed by atoms with E-state index in [-0.39, 0.29) is 6.10 Å². The highest BCUT2D eigenvalue weighted by molar-refractivity contribution is 5.77. The van der Waals surface area contributed by atoms with Crippen molar-refractivity contribution in [1.29, 1.82) is 0 Å². The molecule has 1 saturated carbocycles. The summed E-state index contributed by atoms with van der Waals surface area (Å²) in [6.07, 6.45) is 3.73. The van der Waals surface area contributed by atoms with Crippen molar-refractivity contribution in [3.63, 3.8) is 0 Å². The van der Waals surface area contributed by atoms with Crippen molar-refractivity contribution in [2.75, 3.05) is 0 Å². The molecule has 0 amide bonds. The molecule has 0 aromatic carbocycles. The zero-order valence-corrected chi connectivity index (χ0v) is 8.39. The van der Waals surface area contributed by atoms with Gasteiger partial charge in [-0.15, -0.1) is 0 Å². The molecule has 0 spiro atoms. The van der Waals surface area contributed by atoms with Crippen LogP contribution in [0.4, 0.5) is 8.78 Å². The Morgan fingerprint density at radius 1 is 1.36 bits per heavy atom. The van der Waals surface area contributed by atoms with Gasteiger partial charge in [-0.2, -0.15) is 8.78 Å². The Labute approximate surface area is 82.6 Å². The van der Waals surface area contributed by atoms with Crippen LogP contribution in [0.25, 0.3) is 0 Å². The van der Waals surface area contributed by atoms with Gasteiger partial charge in [0, 0.05) is 6.42 Å². The van der Waals surface area contributed by atoms with Gasteiger partial charge >= 0.3 is 11.9 Å². The van der Waals surface area contributed by atoms with Crippen molar-refractivity contribution in [3.05, 3.63) is 0 Å². The summed E-state index contributed by atoms with van der Waals surface area (Å²) in [5.74, 6) is -4.66. The molecule has 0 N–H and O–H groups in total. The van der Waals surface area contributed by atoms with E-state index in [2.05, 4.69) is 0 Å². The molecule has 2 nitrogen and oxygen atoms in total. The van der Waals surface area contributed by atoms with Crippen molar-refractivity contribution in [2.45, 2.75) is 57.5 Å². The topological polar surface area (TPSA) is 26.3 Å². The van der Waals surface area contributed by atoms with E-state index in [4.69, 9.17) is 4.74 Å². The van der Waals surface area contributed by atoms with Gasteiger partial charge in [0.05, 0.1) is 0 Å². The molecule has 0 aromatic heterocycles. The van der Waals surface area contributed by atoms with E-state index in [1.807, 2.05) is 0 Å². The fourth-order valence-electron chi connectivity index (χ4n) is 1.56. The second-order valence-corrected chi connectivity index (χ2v) is 3.72. The van der Waals surface area contributed by atoms with E-state index in [1.165, 1.54) is 6.92 Å². The van der Waals surface area contributed by atoms with Crippen LogP contribution in [0.15, 0.2) is 0 Å². The van der Waals surface area contributed by atoms with Gasteiger partial charge < -0.3 is 4.74 Å². The number of ether oxygens (including phenoxy) is 1. The van der Waals surface area contributed by atoms with Crippen molar-refractivity contribution >= 4 is 5.97 Å². The Morgan fingerprint density at radius 2 is 1.93 bits per heavy atom. The first-order chi connectivity index (χ1) is 6.56. The van der Waals surface area contributed by atoms with Gasteiger partial charge in [0.25, 0.3) is 0 Å². The molecular formula is C10H16F2O2. The van der Waals surface area contributed by atoms with Crippen LogP contribution in [0.3, 0.4) is 0 Å². The van der Waals surface area contributed by atoms with Crippen LogP contribution in [0.1, 0.15) is 45.4 Å². The van der Waals surface area contributed by atoms with Gasteiger partial charge in [0.1, 0.15) is 6.10 Å². The summed E-state index contributed by atoms with van der Waals surface area (Å²) in [7, 11) is 0. The SMILES string of the molecule is CCC(F)(F)C(=O)OC1CCCCC1. The number of alkyl halides is 2. The van der Waals surface area contributed by atoms with Crippen LogP contribution in [-0.2, 0) is 9.53 Å². The van der Waals surface area contributed by atoms with E-state index < -0.39 is 18.3 Å². The Morgan fingerprint density at radius 3 is 2.43 bits per heavy atom. The van der Waals surface area contributed by atoms with Crippen LogP contribution in [0.5, 0.6) is 0 Å². The van der Waals surface area contributed by atoms with Crippen LogP contribution in [0, 0.1) is 0 Å². The molecule has 4 heteroatoms. The molecule has 0 atom stereocenters.